The quantitative estimate of drug-likeness (QED) is 0.385. The average molecular weight is 131 g/mol. The molecule has 0 amide bonds. The smallest absolute Gasteiger partial charge is 0.0412 e. The maximum absolute atomic E-state index is 5.43. The van der Waals surface area contributed by atoms with E-state index in [1.165, 1.54) is 0 Å². The average Bonchev–Trinajstić information content (AvgIpc) is 2.21. The fourth-order valence-electron chi connectivity index (χ4n) is 0.377. The molecule has 39 valence electrons. The van der Waals surface area contributed by atoms with Gasteiger partial charge in [0.1, 0.15) is 0 Å². The van der Waals surface area contributed by atoms with E-state index in [2.05, 4.69) is 10.2 Å². The van der Waals surface area contributed by atoms with Crippen LogP contribution in [0.5, 0.6) is 0 Å². The van der Waals surface area contributed by atoms with Crippen molar-refractivity contribution < 1.29 is 0 Å². The Labute approximate surface area is 47.9 Å². The second-order valence-corrected chi connectivity index (χ2v) is 4.99. The Hall–Kier alpha value is 0.567. The van der Waals surface area contributed by atoms with E-state index in [1.54, 1.807) is 0 Å². The van der Waals surface area contributed by atoms with Gasteiger partial charge >= 0.3 is 0 Å². The molecule has 0 unspecified atom stereocenters. The Kier molecular flexibility index (Phi) is 1.24. The van der Waals surface area contributed by atoms with Gasteiger partial charge < -0.3 is 0 Å². The lowest BCUT2D eigenvalue weighted by Gasteiger charge is -2.10. The van der Waals surface area contributed by atoms with E-state index in [0.717, 1.165) is 12.8 Å². The molecule has 0 saturated heterocycles. The van der Waals surface area contributed by atoms with Crippen molar-refractivity contribution in [3.05, 3.63) is 0 Å². The van der Waals surface area contributed by atoms with Gasteiger partial charge in [-0.05, 0) is 12.8 Å². The van der Waals surface area contributed by atoms with Gasteiger partial charge in [-0.2, -0.15) is 0 Å². The van der Waals surface area contributed by atoms with Crippen molar-refractivity contribution in [2.24, 2.45) is 11.0 Å². The zero-order valence-electron chi connectivity index (χ0n) is 4.02. The summed E-state index contributed by atoms with van der Waals surface area (Å²) >= 11 is 0. The molecule has 4 N–H and O–H groups in total. The van der Waals surface area contributed by atoms with Gasteiger partial charge in [-0.25, -0.2) is 0 Å². The van der Waals surface area contributed by atoms with Crippen LogP contribution in [0.15, 0.2) is 0 Å². The van der Waals surface area contributed by atoms with Crippen LogP contribution in [0, 0.1) is 0 Å². The first-order valence-corrected chi connectivity index (χ1v) is 4.18. The van der Waals surface area contributed by atoms with Crippen molar-refractivity contribution in [2.45, 2.75) is 17.6 Å². The van der Waals surface area contributed by atoms with Gasteiger partial charge in [0.05, 0.1) is 0 Å². The first-order chi connectivity index (χ1) is 3.15. The summed E-state index contributed by atoms with van der Waals surface area (Å²) in [6.07, 6.45) is 2.31. The number of nitrogens with two attached hydrogens (primary N) is 2. The third-order valence-electron chi connectivity index (χ3n) is 1.22. The molecule has 1 fully saturated rings. The topological polar surface area (TPSA) is 52.0 Å². The Morgan fingerprint density at radius 1 is 1.43 bits per heavy atom. The summed E-state index contributed by atoms with van der Waals surface area (Å²) in [4.78, 5) is 0. The Balaban J connectivity index is 2.39. The predicted octanol–water partition coefficient (Wildman–Crippen LogP) is -0.126. The lowest BCUT2D eigenvalue weighted by Crippen LogP contribution is -2.16. The van der Waals surface area contributed by atoms with Crippen LogP contribution in [0.1, 0.15) is 12.8 Å². The number of hydrogen-bond donors (Lipinski definition) is 2. The fraction of sp³-hybridized carbons (Fsp3) is 1.00. The molecule has 1 rings (SSSR count). The Morgan fingerprint density at radius 2 is 1.86 bits per heavy atom. The Bertz CT molecular complexity index is 81.0. The lowest BCUT2D eigenvalue weighted by molar-refractivity contribution is 1.31. The summed E-state index contributed by atoms with van der Waals surface area (Å²) in [5.41, 5.74) is 10.9. The predicted molar refractivity (Wildman–Crippen MR) is 33.0 cm³/mol. The van der Waals surface area contributed by atoms with Gasteiger partial charge in [0.2, 0.25) is 0 Å². The van der Waals surface area contributed by atoms with Crippen LogP contribution in [-0.2, 0) is 0 Å². The standard InChI is InChI=1S/C3H8N2PSi/c4-6(5)3(7)1-2-3/h1-2,4-5H2. The second-order valence-electron chi connectivity index (χ2n) is 1.94. The summed E-state index contributed by atoms with van der Waals surface area (Å²) in [6.45, 7) is 0. The third kappa shape index (κ3) is 1.02. The number of hydrogen-bond acceptors (Lipinski definition) is 2. The molecule has 1 aliphatic rings. The summed E-state index contributed by atoms with van der Waals surface area (Å²) in [5, 5.41) is 0. The molecule has 4 heteroatoms. The van der Waals surface area contributed by atoms with Gasteiger partial charge in [-0.15, -0.1) is 0 Å². The number of rotatable bonds is 1. The first kappa shape index (κ1) is 5.70. The highest BCUT2D eigenvalue weighted by molar-refractivity contribution is 7.56. The van der Waals surface area contributed by atoms with Crippen LogP contribution < -0.4 is 11.0 Å². The van der Waals surface area contributed by atoms with Crippen molar-refractivity contribution in [1.82, 2.24) is 0 Å². The lowest BCUT2D eigenvalue weighted by atomic mass is 10.9. The van der Waals surface area contributed by atoms with Crippen LogP contribution in [0.3, 0.4) is 0 Å². The van der Waals surface area contributed by atoms with Crippen molar-refractivity contribution in [2.75, 3.05) is 0 Å². The molecule has 0 bridgehead atoms. The summed E-state index contributed by atoms with van der Waals surface area (Å²) in [5.74, 6) is 0. The molecule has 0 aromatic carbocycles. The molecule has 0 aromatic rings. The monoisotopic (exact) mass is 131 g/mol. The molecule has 0 atom stereocenters. The minimum absolute atomic E-state index is 0.176. The normalized spacial score (nSPS) is 25.7. The molecule has 2 nitrogen and oxygen atoms in total. The van der Waals surface area contributed by atoms with Crippen LogP contribution in [0.4, 0.5) is 0 Å². The van der Waals surface area contributed by atoms with Gasteiger partial charge in [-0.1, -0.05) is 0 Å². The van der Waals surface area contributed by atoms with Crippen molar-refractivity contribution in [3.63, 3.8) is 0 Å². The van der Waals surface area contributed by atoms with Gasteiger partial charge in [-0.3, -0.25) is 11.0 Å². The summed E-state index contributed by atoms with van der Waals surface area (Å²) < 4.78 is 0.176. The molecule has 0 spiro atoms. The van der Waals surface area contributed by atoms with E-state index in [4.69, 9.17) is 11.0 Å². The van der Waals surface area contributed by atoms with E-state index in [0.29, 0.717) is 0 Å². The maximum Gasteiger partial charge on any atom is 0.0412 e. The molecular formula is C3H8N2PSi. The maximum atomic E-state index is 5.43. The molecule has 1 aliphatic carbocycles. The second kappa shape index (κ2) is 1.52. The van der Waals surface area contributed by atoms with Crippen LogP contribution in [0.25, 0.3) is 0 Å². The third-order valence-corrected chi connectivity index (χ3v) is 3.93. The van der Waals surface area contributed by atoms with Crippen molar-refractivity contribution in [3.8, 4) is 0 Å². The highest BCUT2D eigenvalue weighted by atomic mass is 31.1. The van der Waals surface area contributed by atoms with E-state index in [1.807, 2.05) is 0 Å². The van der Waals surface area contributed by atoms with E-state index < -0.39 is 8.22 Å². The zero-order valence-corrected chi connectivity index (χ0v) is 5.91. The largest absolute Gasteiger partial charge is 0.298 e. The molecule has 0 aromatic heterocycles. The Morgan fingerprint density at radius 3 is 1.86 bits per heavy atom. The molecule has 0 aliphatic heterocycles. The van der Waals surface area contributed by atoms with E-state index in [-0.39, 0.29) is 4.78 Å². The minimum atomic E-state index is -0.717. The summed E-state index contributed by atoms with van der Waals surface area (Å²) in [6, 6.07) is 0. The van der Waals surface area contributed by atoms with Crippen LogP contribution >= 0.6 is 8.22 Å². The zero-order chi connectivity index (χ0) is 5.49. The van der Waals surface area contributed by atoms with Crippen LogP contribution in [-0.4, -0.2) is 15.0 Å². The van der Waals surface area contributed by atoms with Gasteiger partial charge in [0.25, 0.3) is 0 Å². The fourth-order valence-corrected chi connectivity index (χ4v) is 1.13. The van der Waals surface area contributed by atoms with Gasteiger partial charge in [0.15, 0.2) is 0 Å². The first-order valence-electron chi connectivity index (χ1n) is 2.20. The molecule has 3 radical (unpaired) electrons. The van der Waals surface area contributed by atoms with Crippen molar-refractivity contribution >= 4 is 18.5 Å². The highest BCUT2D eigenvalue weighted by Crippen LogP contribution is 2.52. The molecule has 0 heterocycles. The van der Waals surface area contributed by atoms with Gasteiger partial charge in [0, 0.05) is 23.2 Å². The summed E-state index contributed by atoms with van der Waals surface area (Å²) in [7, 11) is 2.76. The minimum Gasteiger partial charge on any atom is -0.298 e. The highest BCUT2D eigenvalue weighted by Gasteiger charge is 2.41. The molecular weight excluding hydrogens is 123 g/mol. The molecule has 1 saturated carbocycles. The van der Waals surface area contributed by atoms with Crippen LogP contribution in [0.2, 0.25) is 0 Å². The van der Waals surface area contributed by atoms with E-state index >= 15 is 0 Å². The SMILES string of the molecule is NP(N)C1([Si])CC1. The molecule has 7 heavy (non-hydrogen) atoms. The van der Waals surface area contributed by atoms with E-state index in [9.17, 15) is 0 Å². The van der Waals surface area contributed by atoms with Crippen molar-refractivity contribution in [1.29, 1.82) is 0 Å².